The first kappa shape index (κ1) is 14.5. The van der Waals surface area contributed by atoms with Crippen molar-refractivity contribution in [1.82, 2.24) is 10.2 Å². The Labute approximate surface area is 105 Å². The van der Waals surface area contributed by atoms with Gasteiger partial charge in [-0.1, -0.05) is 20.3 Å². The van der Waals surface area contributed by atoms with Crippen molar-refractivity contribution in [2.45, 2.75) is 45.6 Å². The van der Waals surface area contributed by atoms with Crippen LogP contribution in [0.2, 0.25) is 0 Å². The van der Waals surface area contributed by atoms with E-state index in [-0.39, 0.29) is 5.97 Å². The minimum absolute atomic E-state index is 0.0706. The lowest BCUT2D eigenvalue weighted by Gasteiger charge is -2.26. The number of hydrogen-bond acceptors (Lipinski definition) is 4. The molecule has 1 saturated heterocycles. The van der Waals surface area contributed by atoms with E-state index in [2.05, 4.69) is 24.1 Å². The van der Waals surface area contributed by atoms with Crippen LogP contribution < -0.4 is 5.32 Å². The maximum atomic E-state index is 11.7. The van der Waals surface area contributed by atoms with Crippen molar-refractivity contribution in [3.05, 3.63) is 0 Å². The molecular weight excluding hydrogens is 216 g/mol. The van der Waals surface area contributed by atoms with Crippen molar-refractivity contribution in [3.8, 4) is 0 Å². The lowest BCUT2D eigenvalue weighted by Crippen LogP contribution is -2.41. The number of nitrogens with one attached hydrogen (secondary N) is 1. The summed E-state index contributed by atoms with van der Waals surface area (Å²) >= 11 is 0. The molecule has 4 heteroatoms. The van der Waals surface area contributed by atoms with Gasteiger partial charge in [-0.15, -0.1) is 0 Å². The number of carbonyl (C=O) groups excluding carboxylic acids is 1. The zero-order valence-corrected chi connectivity index (χ0v) is 11.2. The molecule has 1 aliphatic rings. The molecule has 0 saturated carbocycles. The van der Waals surface area contributed by atoms with Crippen LogP contribution in [0, 0.1) is 0 Å². The first-order valence-electron chi connectivity index (χ1n) is 6.88. The summed E-state index contributed by atoms with van der Waals surface area (Å²) in [5, 5.41) is 3.34. The zero-order valence-electron chi connectivity index (χ0n) is 11.2. The maximum Gasteiger partial charge on any atom is 0.320 e. The SMILES string of the molecule is CCCCOC(=O)CN(CCC)C1CCNC1. The van der Waals surface area contributed by atoms with E-state index in [0.717, 1.165) is 45.3 Å². The quantitative estimate of drug-likeness (QED) is 0.516. The first-order valence-corrected chi connectivity index (χ1v) is 6.88. The fourth-order valence-corrected chi connectivity index (χ4v) is 2.17. The minimum Gasteiger partial charge on any atom is -0.465 e. The minimum atomic E-state index is -0.0706. The second-order valence-electron chi connectivity index (χ2n) is 4.69. The van der Waals surface area contributed by atoms with Crippen molar-refractivity contribution < 1.29 is 9.53 Å². The van der Waals surface area contributed by atoms with Crippen LogP contribution in [0.15, 0.2) is 0 Å². The lowest BCUT2D eigenvalue weighted by atomic mass is 10.2. The maximum absolute atomic E-state index is 11.7. The average Bonchev–Trinajstić information content (AvgIpc) is 2.82. The molecule has 1 aliphatic heterocycles. The van der Waals surface area contributed by atoms with Gasteiger partial charge in [0.25, 0.3) is 0 Å². The van der Waals surface area contributed by atoms with E-state index >= 15 is 0 Å². The van der Waals surface area contributed by atoms with Gasteiger partial charge < -0.3 is 10.1 Å². The molecule has 0 radical (unpaired) electrons. The van der Waals surface area contributed by atoms with E-state index in [1.807, 2.05) is 0 Å². The smallest absolute Gasteiger partial charge is 0.320 e. The summed E-state index contributed by atoms with van der Waals surface area (Å²) in [4.78, 5) is 13.9. The van der Waals surface area contributed by atoms with Gasteiger partial charge in [-0.2, -0.15) is 0 Å². The Morgan fingerprint density at radius 1 is 1.41 bits per heavy atom. The van der Waals surface area contributed by atoms with Gasteiger partial charge in [0, 0.05) is 12.6 Å². The highest BCUT2D eigenvalue weighted by Gasteiger charge is 2.23. The lowest BCUT2D eigenvalue weighted by molar-refractivity contribution is -0.145. The number of ether oxygens (including phenoxy) is 1. The fourth-order valence-electron chi connectivity index (χ4n) is 2.17. The highest BCUT2D eigenvalue weighted by atomic mass is 16.5. The van der Waals surface area contributed by atoms with Crippen LogP contribution in [-0.4, -0.2) is 49.7 Å². The van der Waals surface area contributed by atoms with Crippen LogP contribution in [0.1, 0.15) is 39.5 Å². The Bertz CT molecular complexity index is 215. The Balaban J connectivity index is 2.29. The molecule has 1 rings (SSSR count). The third-order valence-electron chi connectivity index (χ3n) is 3.15. The van der Waals surface area contributed by atoms with Crippen molar-refractivity contribution in [2.75, 3.05) is 32.8 Å². The number of nitrogens with zero attached hydrogens (tertiary/aromatic N) is 1. The molecule has 100 valence electrons. The molecule has 0 aromatic heterocycles. The molecule has 0 bridgehead atoms. The van der Waals surface area contributed by atoms with Crippen LogP contribution in [0.3, 0.4) is 0 Å². The van der Waals surface area contributed by atoms with Crippen molar-refractivity contribution in [3.63, 3.8) is 0 Å². The number of rotatable bonds is 8. The molecule has 1 unspecified atom stereocenters. The number of hydrogen-bond donors (Lipinski definition) is 1. The Morgan fingerprint density at radius 3 is 2.82 bits per heavy atom. The van der Waals surface area contributed by atoms with Crippen LogP contribution in [0.25, 0.3) is 0 Å². The summed E-state index contributed by atoms with van der Waals surface area (Å²) in [5.41, 5.74) is 0. The molecule has 0 aliphatic carbocycles. The van der Waals surface area contributed by atoms with Crippen molar-refractivity contribution in [1.29, 1.82) is 0 Å². The number of carbonyl (C=O) groups is 1. The average molecular weight is 242 g/mol. The van der Waals surface area contributed by atoms with Gasteiger partial charge in [-0.25, -0.2) is 0 Å². The van der Waals surface area contributed by atoms with Crippen LogP contribution in [0.5, 0.6) is 0 Å². The first-order chi connectivity index (χ1) is 8.27. The fraction of sp³-hybridized carbons (Fsp3) is 0.923. The molecule has 1 N–H and O–H groups in total. The van der Waals surface area contributed by atoms with Crippen LogP contribution >= 0.6 is 0 Å². The molecule has 0 aromatic rings. The highest BCUT2D eigenvalue weighted by molar-refractivity contribution is 5.71. The third-order valence-corrected chi connectivity index (χ3v) is 3.15. The predicted octanol–water partition coefficient (Wildman–Crippen LogP) is 1.40. The zero-order chi connectivity index (χ0) is 12.5. The molecule has 0 amide bonds. The van der Waals surface area contributed by atoms with Crippen LogP contribution in [0.4, 0.5) is 0 Å². The van der Waals surface area contributed by atoms with Gasteiger partial charge in [0.05, 0.1) is 13.2 Å². The normalized spacial score (nSPS) is 19.8. The van der Waals surface area contributed by atoms with E-state index in [0.29, 0.717) is 19.2 Å². The van der Waals surface area contributed by atoms with Gasteiger partial charge in [-0.3, -0.25) is 9.69 Å². The monoisotopic (exact) mass is 242 g/mol. The Hall–Kier alpha value is -0.610. The molecule has 1 fully saturated rings. The predicted molar refractivity (Wildman–Crippen MR) is 69.0 cm³/mol. The van der Waals surface area contributed by atoms with E-state index in [1.165, 1.54) is 0 Å². The molecule has 0 aromatic carbocycles. The van der Waals surface area contributed by atoms with E-state index in [4.69, 9.17) is 4.74 Å². The summed E-state index contributed by atoms with van der Waals surface area (Å²) < 4.78 is 5.22. The summed E-state index contributed by atoms with van der Waals surface area (Å²) in [5.74, 6) is -0.0706. The molecule has 4 nitrogen and oxygen atoms in total. The highest BCUT2D eigenvalue weighted by Crippen LogP contribution is 2.09. The Kier molecular flexibility index (Phi) is 7.21. The van der Waals surface area contributed by atoms with E-state index in [1.54, 1.807) is 0 Å². The molecule has 1 atom stereocenters. The van der Waals surface area contributed by atoms with E-state index < -0.39 is 0 Å². The van der Waals surface area contributed by atoms with Gasteiger partial charge in [0.2, 0.25) is 0 Å². The summed E-state index contributed by atoms with van der Waals surface area (Å²) in [6.07, 6.45) is 4.25. The molecule has 0 spiro atoms. The second-order valence-corrected chi connectivity index (χ2v) is 4.69. The molecule has 1 heterocycles. The van der Waals surface area contributed by atoms with Crippen LogP contribution in [-0.2, 0) is 9.53 Å². The number of esters is 1. The molecular formula is C13H26N2O2. The van der Waals surface area contributed by atoms with Crippen molar-refractivity contribution >= 4 is 5.97 Å². The molecule has 17 heavy (non-hydrogen) atoms. The standard InChI is InChI=1S/C13H26N2O2/c1-3-5-9-17-13(16)11-15(8-4-2)12-6-7-14-10-12/h12,14H,3-11H2,1-2H3. The van der Waals surface area contributed by atoms with Crippen molar-refractivity contribution in [2.24, 2.45) is 0 Å². The third kappa shape index (κ3) is 5.50. The summed E-state index contributed by atoms with van der Waals surface area (Å²) in [6, 6.07) is 0.508. The Morgan fingerprint density at radius 2 is 2.24 bits per heavy atom. The van der Waals surface area contributed by atoms with Gasteiger partial charge in [-0.05, 0) is 32.4 Å². The van der Waals surface area contributed by atoms with E-state index in [9.17, 15) is 4.79 Å². The van der Waals surface area contributed by atoms with Gasteiger partial charge in [0.15, 0.2) is 0 Å². The van der Waals surface area contributed by atoms with Gasteiger partial charge in [0.1, 0.15) is 0 Å². The largest absolute Gasteiger partial charge is 0.465 e. The second kappa shape index (κ2) is 8.48. The summed E-state index contributed by atoms with van der Waals surface area (Å²) in [7, 11) is 0. The van der Waals surface area contributed by atoms with Gasteiger partial charge >= 0.3 is 5.97 Å². The number of unbranched alkanes of at least 4 members (excludes halogenated alkanes) is 1. The topological polar surface area (TPSA) is 41.6 Å². The summed E-state index contributed by atoms with van der Waals surface area (Å²) in [6.45, 7) is 8.31.